The first kappa shape index (κ1) is 22.4. The number of nitrogens with zero attached hydrogens (tertiary/aromatic N) is 4. The average molecular weight is 455 g/mol. The maximum Gasteiger partial charge on any atom is 0.214 e. The van der Waals surface area contributed by atoms with Gasteiger partial charge in [-0.2, -0.15) is 0 Å². The molecule has 0 bridgehead atoms. The van der Waals surface area contributed by atoms with Gasteiger partial charge in [-0.3, -0.25) is 4.98 Å². The fourth-order valence-corrected chi connectivity index (χ4v) is 5.80. The van der Waals surface area contributed by atoms with Gasteiger partial charge in [0.2, 0.25) is 10.0 Å². The van der Waals surface area contributed by atoms with Gasteiger partial charge in [-0.25, -0.2) is 22.7 Å². The van der Waals surface area contributed by atoms with Gasteiger partial charge in [-0.1, -0.05) is 19.4 Å². The van der Waals surface area contributed by atoms with Crippen molar-refractivity contribution >= 4 is 15.8 Å². The number of aromatic amines is 1. The molecule has 1 aliphatic rings. The number of aryl methyl sites for hydroxylation is 1. The third kappa shape index (κ3) is 4.83. The molecule has 4 rings (SSSR count). The summed E-state index contributed by atoms with van der Waals surface area (Å²) in [5, 5.41) is 0. The molecule has 0 aromatic carbocycles. The van der Waals surface area contributed by atoms with Crippen molar-refractivity contribution in [3.63, 3.8) is 0 Å². The number of nitrogen functional groups attached to an aromatic ring is 1. The van der Waals surface area contributed by atoms with Gasteiger partial charge >= 0.3 is 0 Å². The number of hydrogen-bond donors (Lipinski definition) is 2. The average Bonchev–Trinajstić information content (AvgIpc) is 3.23. The Hall–Kier alpha value is -2.78. The van der Waals surface area contributed by atoms with Crippen LogP contribution in [0, 0.1) is 6.92 Å². The van der Waals surface area contributed by atoms with Crippen molar-refractivity contribution in [1.29, 1.82) is 0 Å². The Morgan fingerprint density at radius 3 is 2.66 bits per heavy atom. The van der Waals surface area contributed by atoms with Gasteiger partial charge in [0.1, 0.15) is 11.6 Å². The summed E-state index contributed by atoms with van der Waals surface area (Å²) in [6.07, 6.45) is 4.72. The van der Waals surface area contributed by atoms with Crippen molar-refractivity contribution in [3.8, 4) is 22.6 Å². The highest BCUT2D eigenvalue weighted by atomic mass is 32.2. The molecule has 0 amide bonds. The number of unbranched alkanes of at least 4 members (excludes halogenated alkanes) is 1. The highest BCUT2D eigenvalue weighted by molar-refractivity contribution is 7.89. The first-order valence-corrected chi connectivity index (χ1v) is 12.7. The molecule has 32 heavy (non-hydrogen) atoms. The molecule has 3 aromatic rings. The summed E-state index contributed by atoms with van der Waals surface area (Å²) >= 11 is 0. The number of rotatable bonds is 7. The van der Waals surface area contributed by atoms with Crippen molar-refractivity contribution in [1.82, 2.24) is 24.2 Å². The monoisotopic (exact) mass is 454 g/mol. The van der Waals surface area contributed by atoms with E-state index in [2.05, 4.69) is 15.0 Å². The Bertz CT molecular complexity index is 1120. The molecule has 0 radical (unpaired) electrons. The molecular weight excluding hydrogens is 424 g/mol. The van der Waals surface area contributed by atoms with E-state index in [-0.39, 0.29) is 11.7 Å². The van der Waals surface area contributed by atoms with Crippen LogP contribution in [0.3, 0.4) is 0 Å². The Kier molecular flexibility index (Phi) is 6.57. The lowest BCUT2D eigenvalue weighted by Gasteiger charge is -2.30. The van der Waals surface area contributed by atoms with Crippen LogP contribution in [0.25, 0.3) is 22.6 Å². The first-order chi connectivity index (χ1) is 15.4. The van der Waals surface area contributed by atoms with Crippen LogP contribution in [0.1, 0.15) is 50.0 Å². The van der Waals surface area contributed by atoms with E-state index in [1.807, 2.05) is 44.2 Å². The molecule has 0 saturated carbocycles. The number of nitrogens with one attached hydrogen (secondary N) is 1. The van der Waals surface area contributed by atoms with Crippen LogP contribution in [0.5, 0.6) is 0 Å². The van der Waals surface area contributed by atoms with Crippen LogP contribution < -0.4 is 5.73 Å². The Balaban J connectivity index is 1.63. The van der Waals surface area contributed by atoms with E-state index in [1.165, 1.54) is 0 Å². The molecule has 8 nitrogen and oxygen atoms in total. The molecule has 0 spiro atoms. The fourth-order valence-electron chi connectivity index (χ4n) is 4.12. The molecule has 3 aromatic heterocycles. The molecule has 1 saturated heterocycles. The van der Waals surface area contributed by atoms with Crippen molar-refractivity contribution in [2.75, 3.05) is 24.6 Å². The summed E-state index contributed by atoms with van der Waals surface area (Å²) < 4.78 is 26.7. The number of imidazole rings is 1. The molecule has 0 aliphatic carbocycles. The second-order valence-electron chi connectivity index (χ2n) is 8.32. The van der Waals surface area contributed by atoms with E-state index in [9.17, 15) is 8.42 Å². The van der Waals surface area contributed by atoms with E-state index in [1.54, 1.807) is 10.5 Å². The first-order valence-electron chi connectivity index (χ1n) is 11.1. The van der Waals surface area contributed by atoms with Gasteiger partial charge in [0.05, 0.1) is 22.8 Å². The zero-order chi connectivity index (χ0) is 22.7. The summed E-state index contributed by atoms with van der Waals surface area (Å²) in [4.78, 5) is 17.2. The zero-order valence-electron chi connectivity index (χ0n) is 18.6. The third-order valence-corrected chi connectivity index (χ3v) is 7.87. The van der Waals surface area contributed by atoms with E-state index in [0.717, 1.165) is 53.4 Å². The van der Waals surface area contributed by atoms with Gasteiger partial charge in [0.15, 0.2) is 0 Å². The minimum absolute atomic E-state index is 0.157. The zero-order valence-corrected chi connectivity index (χ0v) is 19.4. The Morgan fingerprint density at radius 1 is 1.19 bits per heavy atom. The summed E-state index contributed by atoms with van der Waals surface area (Å²) in [6.45, 7) is 5.01. The number of aromatic nitrogens is 4. The van der Waals surface area contributed by atoms with Crippen molar-refractivity contribution in [3.05, 3.63) is 48.0 Å². The Morgan fingerprint density at radius 2 is 1.97 bits per heavy atom. The van der Waals surface area contributed by atoms with Gasteiger partial charge in [0, 0.05) is 36.5 Å². The number of piperidine rings is 1. The van der Waals surface area contributed by atoms with E-state index in [0.29, 0.717) is 25.3 Å². The number of nitrogens with two attached hydrogens (primary N) is 1. The molecule has 1 aliphatic heterocycles. The van der Waals surface area contributed by atoms with Crippen LogP contribution in [0.2, 0.25) is 0 Å². The van der Waals surface area contributed by atoms with E-state index in [4.69, 9.17) is 10.7 Å². The molecule has 0 unspecified atom stereocenters. The molecule has 1 fully saturated rings. The molecular formula is C23H30N6O2S. The summed E-state index contributed by atoms with van der Waals surface area (Å²) in [7, 11) is -3.18. The van der Waals surface area contributed by atoms with Crippen LogP contribution in [0.15, 0.2) is 36.5 Å². The molecule has 4 heterocycles. The van der Waals surface area contributed by atoms with Crippen molar-refractivity contribution < 1.29 is 8.42 Å². The largest absolute Gasteiger partial charge is 0.384 e. The smallest absolute Gasteiger partial charge is 0.214 e. The summed E-state index contributed by atoms with van der Waals surface area (Å²) in [5.41, 5.74) is 10.2. The SMILES string of the molecule is CCCCS(=O)(=O)N1CCC(c2nc(-c3ccnc(N)c3)c(-c3cccc(C)n3)[nH]2)CC1. The predicted octanol–water partition coefficient (Wildman–Crippen LogP) is 3.73. The lowest BCUT2D eigenvalue weighted by molar-refractivity contribution is 0.314. The predicted molar refractivity (Wildman–Crippen MR) is 126 cm³/mol. The van der Waals surface area contributed by atoms with E-state index < -0.39 is 10.0 Å². The topological polar surface area (TPSA) is 118 Å². The second kappa shape index (κ2) is 9.38. The minimum Gasteiger partial charge on any atom is -0.384 e. The van der Waals surface area contributed by atoms with Crippen LogP contribution in [-0.4, -0.2) is 51.5 Å². The second-order valence-corrected chi connectivity index (χ2v) is 10.4. The number of sulfonamides is 1. The number of H-pyrrole nitrogens is 1. The summed E-state index contributed by atoms with van der Waals surface area (Å²) in [5.74, 6) is 1.68. The van der Waals surface area contributed by atoms with Crippen LogP contribution in [0.4, 0.5) is 5.82 Å². The normalized spacial score (nSPS) is 15.8. The number of hydrogen-bond acceptors (Lipinski definition) is 6. The lowest BCUT2D eigenvalue weighted by atomic mass is 9.97. The van der Waals surface area contributed by atoms with Gasteiger partial charge in [-0.15, -0.1) is 0 Å². The quantitative estimate of drug-likeness (QED) is 0.562. The number of pyridine rings is 2. The summed E-state index contributed by atoms with van der Waals surface area (Å²) in [6, 6.07) is 9.59. The molecule has 3 N–H and O–H groups in total. The maximum absolute atomic E-state index is 12.6. The van der Waals surface area contributed by atoms with Crippen molar-refractivity contribution in [2.24, 2.45) is 0 Å². The standard InChI is InChI=1S/C23H30N6O2S/c1-3-4-14-32(30,31)29-12-9-17(10-13-29)23-27-21(18-8-11-25-20(24)15-18)22(28-23)19-7-5-6-16(2)26-19/h5-8,11,15,17H,3-4,9-10,12-14H2,1-2H3,(H2,24,25)(H,27,28). The maximum atomic E-state index is 12.6. The minimum atomic E-state index is -3.18. The molecule has 0 atom stereocenters. The fraction of sp³-hybridized carbons (Fsp3) is 0.435. The highest BCUT2D eigenvalue weighted by Crippen LogP contribution is 2.35. The molecule has 170 valence electrons. The van der Waals surface area contributed by atoms with Crippen molar-refractivity contribution in [2.45, 2.75) is 45.4 Å². The highest BCUT2D eigenvalue weighted by Gasteiger charge is 2.30. The van der Waals surface area contributed by atoms with Gasteiger partial charge < -0.3 is 10.7 Å². The lowest BCUT2D eigenvalue weighted by Crippen LogP contribution is -2.39. The third-order valence-electron chi connectivity index (χ3n) is 5.91. The van der Waals surface area contributed by atoms with Crippen LogP contribution in [-0.2, 0) is 10.0 Å². The van der Waals surface area contributed by atoms with Gasteiger partial charge in [-0.05, 0) is 50.5 Å². The number of anilines is 1. The Labute approximate surface area is 189 Å². The van der Waals surface area contributed by atoms with Crippen LogP contribution >= 0.6 is 0 Å². The molecule has 9 heteroatoms. The van der Waals surface area contributed by atoms with E-state index >= 15 is 0 Å². The van der Waals surface area contributed by atoms with Gasteiger partial charge in [0.25, 0.3) is 0 Å².